The maximum Gasteiger partial charge on any atom is 0.251 e. The molecule has 0 fully saturated rings. The molecule has 2 heterocycles. The predicted molar refractivity (Wildman–Crippen MR) is 154 cm³/mol. The number of carbonyl (C=O) groups is 2. The molecule has 1 atom stereocenters. The predicted octanol–water partition coefficient (Wildman–Crippen LogP) is 5.63. The first-order valence-electron chi connectivity index (χ1n) is 12.9. The van der Waals surface area contributed by atoms with Gasteiger partial charge in [-0.15, -0.1) is 0 Å². The van der Waals surface area contributed by atoms with Crippen LogP contribution in [0.3, 0.4) is 0 Å². The van der Waals surface area contributed by atoms with E-state index in [-0.39, 0.29) is 30.9 Å². The summed E-state index contributed by atoms with van der Waals surface area (Å²) in [6.45, 7) is 6.17. The third-order valence-electron chi connectivity index (χ3n) is 6.40. The number of thioether (sulfide) groups is 1. The molecule has 40 heavy (non-hydrogen) atoms. The quantitative estimate of drug-likeness (QED) is 0.212. The summed E-state index contributed by atoms with van der Waals surface area (Å²) in [5, 5.41) is 3.52. The first-order valence-corrected chi connectivity index (χ1v) is 13.9. The first-order chi connectivity index (χ1) is 19.4. The van der Waals surface area contributed by atoms with Gasteiger partial charge in [0.25, 0.3) is 5.91 Å². The molecule has 0 saturated carbocycles. The van der Waals surface area contributed by atoms with Crippen LogP contribution in [0.5, 0.6) is 11.5 Å². The van der Waals surface area contributed by atoms with Crippen molar-refractivity contribution < 1.29 is 19.1 Å². The van der Waals surface area contributed by atoms with E-state index in [1.54, 1.807) is 23.1 Å². The van der Waals surface area contributed by atoms with Gasteiger partial charge in [0.05, 0.1) is 5.75 Å². The normalized spacial score (nSPS) is 12.6. The van der Waals surface area contributed by atoms with Gasteiger partial charge in [0.1, 0.15) is 6.04 Å². The van der Waals surface area contributed by atoms with E-state index in [0.717, 1.165) is 22.5 Å². The number of rotatable bonds is 9. The van der Waals surface area contributed by atoms with Gasteiger partial charge in [-0.1, -0.05) is 71.9 Å². The Morgan fingerprint density at radius 3 is 2.33 bits per heavy atom. The van der Waals surface area contributed by atoms with Crippen molar-refractivity contribution in [3.8, 4) is 11.5 Å². The molecular formula is C31H30N4O4S. The summed E-state index contributed by atoms with van der Waals surface area (Å²) in [6.07, 6.45) is 0. The second-order valence-corrected chi connectivity index (χ2v) is 10.5. The third-order valence-corrected chi connectivity index (χ3v) is 7.23. The van der Waals surface area contributed by atoms with Gasteiger partial charge in [0.2, 0.25) is 12.7 Å². The van der Waals surface area contributed by atoms with Crippen molar-refractivity contribution in [2.45, 2.75) is 38.5 Å². The number of hydrogen-bond acceptors (Lipinski definition) is 7. The number of fused-ring (bicyclic) bond motifs is 1. The Kier molecular flexibility index (Phi) is 8.31. The van der Waals surface area contributed by atoms with Crippen molar-refractivity contribution in [2.75, 3.05) is 17.9 Å². The fraction of sp³-hybridized carbons (Fsp3) is 0.226. The molecule has 3 aromatic carbocycles. The van der Waals surface area contributed by atoms with Gasteiger partial charge >= 0.3 is 0 Å². The summed E-state index contributed by atoms with van der Waals surface area (Å²) in [7, 11) is 0. The number of anilines is 1. The molecule has 2 amide bonds. The van der Waals surface area contributed by atoms with Crippen LogP contribution in [-0.2, 0) is 16.1 Å². The molecule has 1 aliphatic rings. The lowest BCUT2D eigenvalue weighted by Crippen LogP contribution is -2.41. The molecule has 5 rings (SSSR count). The monoisotopic (exact) mass is 554 g/mol. The van der Waals surface area contributed by atoms with Crippen molar-refractivity contribution >= 4 is 29.3 Å². The number of nitrogens with zero attached hydrogens (tertiary/aromatic N) is 3. The van der Waals surface area contributed by atoms with Gasteiger partial charge in [-0.05, 0) is 50.1 Å². The minimum Gasteiger partial charge on any atom is -0.454 e. The van der Waals surface area contributed by atoms with Crippen LogP contribution in [0.1, 0.15) is 34.1 Å². The Bertz CT molecular complexity index is 1490. The second-order valence-electron chi connectivity index (χ2n) is 9.60. The zero-order valence-corrected chi connectivity index (χ0v) is 23.4. The van der Waals surface area contributed by atoms with E-state index in [2.05, 4.69) is 15.3 Å². The van der Waals surface area contributed by atoms with E-state index in [9.17, 15) is 9.59 Å². The van der Waals surface area contributed by atoms with Crippen LogP contribution in [0.2, 0.25) is 0 Å². The number of amides is 2. The van der Waals surface area contributed by atoms with Crippen molar-refractivity contribution in [2.24, 2.45) is 0 Å². The molecule has 0 bridgehead atoms. The Hall–Kier alpha value is -4.37. The van der Waals surface area contributed by atoms with Crippen LogP contribution in [0, 0.1) is 20.8 Å². The molecule has 1 aromatic heterocycles. The van der Waals surface area contributed by atoms with E-state index in [1.807, 2.05) is 81.4 Å². The van der Waals surface area contributed by atoms with Crippen LogP contribution in [0.25, 0.3) is 0 Å². The number of carbonyl (C=O) groups excluding carboxylic acids is 2. The van der Waals surface area contributed by atoms with E-state index < -0.39 is 6.04 Å². The minimum atomic E-state index is -0.889. The van der Waals surface area contributed by atoms with Gasteiger partial charge in [0.15, 0.2) is 16.7 Å². The highest BCUT2D eigenvalue weighted by Gasteiger charge is 2.32. The highest BCUT2D eigenvalue weighted by atomic mass is 32.2. The molecule has 8 nitrogen and oxygen atoms in total. The maximum absolute atomic E-state index is 14.0. The molecule has 9 heteroatoms. The molecule has 0 aliphatic carbocycles. The SMILES string of the molecule is Cc1ccc(C(C(=O)Nc2ccc3c(c2)OCO3)N(Cc2ccccc2)C(=O)CSc2nc(C)cc(C)n2)cc1. The number of aryl methyl sites for hydroxylation is 3. The van der Waals surface area contributed by atoms with Gasteiger partial charge in [-0.2, -0.15) is 0 Å². The number of ether oxygens (including phenoxy) is 2. The summed E-state index contributed by atoms with van der Waals surface area (Å²) in [5.41, 5.74) is 4.91. The molecule has 0 radical (unpaired) electrons. The minimum absolute atomic E-state index is 0.0788. The molecule has 0 saturated heterocycles. The number of nitrogens with one attached hydrogen (secondary N) is 1. The topological polar surface area (TPSA) is 93.7 Å². The third kappa shape index (κ3) is 6.60. The van der Waals surface area contributed by atoms with E-state index in [4.69, 9.17) is 9.47 Å². The van der Waals surface area contributed by atoms with Crippen molar-refractivity contribution in [3.63, 3.8) is 0 Å². The first kappa shape index (κ1) is 27.2. The lowest BCUT2D eigenvalue weighted by atomic mass is 10.0. The van der Waals surface area contributed by atoms with Crippen LogP contribution >= 0.6 is 11.8 Å². The van der Waals surface area contributed by atoms with E-state index >= 15 is 0 Å². The van der Waals surface area contributed by atoms with Gasteiger partial charge in [-0.3, -0.25) is 9.59 Å². The Balaban J connectivity index is 1.47. The molecule has 1 aliphatic heterocycles. The Morgan fingerprint density at radius 1 is 0.900 bits per heavy atom. The van der Waals surface area contributed by atoms with Crippen LogP contribution in [-0.4, -0.2) is 39.2 Å². The average Bonchev–Trinajstić information content (AvgIpc) is 3.40. The zero-order chi connectivity index (χ0) is 28.1. The van der Waals surface area contributed by atoms with E-state index in [0.29, 0.717) is 27.9 Å². The van der Waals surface area contributed by atoms with Gasteiger partial charge < -0.3 is 19.7 Å². The fourth-order valence-corrected chi connectivity index (χ4v) is 5.31. The summed E-state index contributed by atoms with van der Waals surface area (Å²) in [5.74, 6) is 0.726. The van der Waals surface area contributed by atoms with E-state index in [1.165, 1.54) is 11.8 Å². The standard InChI is InChI=1S/C31H30N4O4S/c1-20-9-11-24(12-10-20)29(30(37)34-25-13-14-26-27(16-25)39-19-38-26)35(17-23-7-5-4-6-8-23)28(36)18-40-31-32-21(2)15-22(3)33-31/h4-16,29H,17-19H2,1-3H3,(H,34,37). The van der Waals surface area contributed by atoms with Gasteiger partial charge in [0, 0.05) is 29.7 Å². The summed E-state index contributed by atoms with van der Waals surface area (Å²) < 4.78 is 10.9. The fourth-order valence-electron chi connectivity index (χ4n) is 4.48. The number of benzene rings is 3. The Labute approximate surface area is 237 Å². The highest BCUT2D eigenvalue weighted by molar-refractivity contribution is 7.99. The lowest BCUT2D eigenvalue weighted by Gasteiger charge is -2.31. The Morgan fingerprint density at radius 2 is 1.60 bits per heavy atom. The molecule has 0 spiro atoms. The van der Waals surface area contributed by atoms with Crippen molar-refractivity contribution in [1.82, 2.24) is 14.9 Å². The largest absolute Gasteiger partial charge is 0.454 e. The zero-order valence-electron chi connectivity index (χ0n) is 22.6. The summed E-state index contributed by atoms with van der Waals surface area (Å²) in [6, 6.07) is 23.6. The average molecular weight is 555 g/mol. The molecule has 1 N–H and O–H groups in total. The van der Waals surface area contributed by atoms with Gasteiger partial charge in [-0.25, -0.2) is 9.97 Å². The van der Waals surface area contributed by atoms with Crippen LogP contribution in [0.4, 0.5) is 5.69 Å². The smallest absolute Gasteiger partial charge is 0.251 e. The van der Waals surface area contributed by atoms with Crippen LogP contribution in [0.15, 0.2) is 84.0 Å². The highest BCUT2D eigenvalue weighted by Crippen LogP contribution is 2.35. The lowest BCUT2D eigenvalue weighted by molar-refractivity contribution is -0.137. The molecule has 4 aromatic rings. The summed E-state index contributed by atoms with van der Waals surface area (Å²) in [4.78, 5) is 38.5. The number of aromatic nitrogens is 2. The molecule has 1 unspecified atom stereocenters. The van der Waals surface area contributed by atoms with Crippen molar-refractivity contribution in [3.05, 3.63) is 107 Å². The van der Waals surface area contributed by atoms with Crippen LogP contribution < -0.4 is 14.8 Å². The second kappa shape index (κ2) is 12.2. The number of hydrogen-bond donors (Lipinski definition) is 1. The van der Waals surface area contributed by atoms with Crippen molar-refractivity contribution in [1.29, 1.82) is 0 Å². The molecule has 204 valence electrons. The summed E-state index contributed by atoms with van der Waals surface area (Å²) >= 11 is 1.26. The maximum atomic E-state index is 14.0. The molecular weight excluding hydrogens is 524 g/mol.